The van der Waals surface area contributed by atoms with E-state index in [0.29, 0.717) is 11.3 Å². The summed E-state index contributed by atoms with van der Waals surface area (Å²) in [5, 5.41) is 0. The summed E-state index contributed by atoms with van der Waals surface area (Å²) in [5.41, 5.74) is 11.2. The SMILES string of the molecule is NC(=O)c1ccccc1N.[Si]. The van der Waals surface area contributed by atoms with Crippen molar-refractivity contribution < 1.29 is 4.79 Å². The van der Waals surface area contributed by atoms with Crippen molar-refractivity contribution in [3.63, 3.8) is 0 Å². The van der Waals surface area contributed by atoms with Crippen molar-refractivity contribution in [3.8, 4) is 0 Å². The topological polar surface area (TPSA) is 69.1 Å². The molecule has 0 fully saturated rings. The van der Waals surface area contributed by atoms with Gasteiger partial charge in [0.25, 0.3) is 5.91 Å². The van der Waals surface area contributed by atoms with Gasteiger partial charge in [0, 0.05) is 16.7 Å². The first kappa shape index (κ1) is 9.71. The van der Waals surface area contributed by atoms with Crippen LogP contribution in [-0.2, 0) is 0 Å². The van der Waals surface area contributed by atoms with Crippen LogP contribution in [-0.4, -0.2) is 16.9 Å². The summed E-state index contributed by atoms with van der Waals surface area (Å²) >= 11 is 0. The van der Waals surface area contributed by atoms with Crippen LogP contribution >= 0.6 is 0 Å². The van der Waals surface area contributed by atoms with Gasteiger partial charge >= 0.3 is 0 Å². The number of para-hydroxylation sites is 1. The maximum absolute atomic E-state index is 10.6. The van der Waals surface area contributed by atoms with Crippen molar-refractivity contribution in [2.75, 3.05) is 5.73 Å². The first-order valence-corrected chi connectivity index (χ1v) is 2.86. The Hall–Kier alpha value is -1.29. The molecule has 11 heavy (non-hydrogen) atoms. The molecular weight excluding hydrogens is 156 g/mol. The third-order valence-electron chi connectivity index (χ3n) is 1.23. The van der Waals surface area contributed by atoms with Crippen molar-refractivity contribution in [2.45, 2.75) is 0 Å². The fourth-order valence-electron chi connectivity index (χ4n) is 0.721. The second kappa shape index (κ2) is 3.77. The van der Waals surface area contributed by atoms with Crippen molar-refractivity contribution in [2.24, 2.45) is 5.73 Å². The van der Waals surface area contributed by atoms with E-state index < -0.39 is 5.91 Å². The van der Waals surface area contributed by atoms with E-state index in [1.54, 1.807) is 24.3 Å². The fraction of sp³-hybridized carbons (Fsp3) is 0. The van der Waals surface area contributed by atoms with E-state index >= 15 is 0 Å². The largest absolute Gasteiger partial charge is 0.398 e. The van der Waals surface area contributed by atoms with Gasteiger partial charge in [-0.1, -0.05) is 12.1 Å². The lowest BCUT2D eigenvalue weighted by Crippen LogP contribution is -2.12. The molecule has 1 amide bonds. The zero-order valence-electron chi connectivity index (χ0n) is 5.87. The maximum atomic E-state index is 10.6. The molecule has 0 aliphatic carbocycles. The molecule has 3 nitrogen and oxygen atoms in total. The molecule has 1 rings (SSSR count). The van der Waals surface area contributed by atoms with E-state index in [2.05, 4.69) is 0 Å². The summed E-state index contributed by atoms with van der Waals surface area (Å²) < 4.78 is 0. The van der Waals surface area contributed by atoms with Crippen LogP contribution in [0.3, 0.4) is 0 Å². The van der Waals surface area contributed by atoms with Gasteiger partial charge in [-0.2, -0.15) is 0 Å². The zero-order chi connectivity index (χ0) is 7.56. The molecule has 0 bridgehead atoms. The van der Waals surface area contributed by atoms with Crippen LogP contribution in [0, 0.1) is 0 Å². The molecule has 1 aromatic carbocycles. The minimum Gasteiger partial charge on any atom is -0.398 e. The number of benzene rings is 1. The second-order valence-electron chi connectivity index (χ2n) is 1.95. The van der Waals surface area contributed by atoms with Crippen LogP contribution in [0.4, 0.5) is 5.69 Å². The number of primary amides is 1. The minimum atomic E-state index is -0.488. The summed E-state index contributed by atoms with van der Waals surface area (Å²) in [7, 11) is 0. The Kier molecular flexibility index (Phi) is 3.33. The van der Waals surface area contributed by atoms with Crippen LogP contribution in [0.1, 0.15) is 10.4 Å². The third kappa shape index (κ3) is 2.08. The van der Waals surface area contributed by atoms with Crippen molar-refractivity contribution in [1.29, 1.82) is 0 Å². The Morgan fingerprint density at radius 1 is 1.27 bits per heavy atom. The quantitative estimate of drug-likeness (QED) is 0.452. The van der Waals surface area contributed by atoms with Gasteiger partial charge in [0.2, 0.25) is 0 Å². The Balaban J connectivity index is 0.000001000. The Labute approximate surface area is 69.4 Å². The highest BCUT2D eigenvalue weighted by Crippen LogP contribution is 2.08. The van der Waals surface area contributed by atoms with Crippen LogP contribution in [0.25, 0.3) is 0 Å². The van der Waals surface area contributed by atoms with Gasteiger partial charge in [-0.05, 0) is 12.1 Å². The summed E-state index contributed by atoms with van der Waals surface area (Å²) in [6, 6.07) is 6.70. The molecule has 0 unspecified atom stereocenters. The predicted octanol–water partition coefficient (Wildman–Crippen LogP) is -0.0131. The number of nitrogens with two attached hydrogens (primary N) is 2. The first-order valence-electron chi connectivity index (χ1n) is 2.86. The van der Waals surface area contributed by atoms with Gasteiger partial charge in [0.05, 0.1) is 5.56 Å². The summed E-state index contributed by atoms with van der Waals surface area (Å²) in [6.07, 6.45) is 0. The molecule has 0 heterocycles. The lowest BCUT2D eigenvalue weighted by atomic mass is 10.2. The summed E-state index contributed by atoms with van der Waals surface area (Å²) in [4.78, 5) is 10.6. The van der Waals surface area contributed by atoms with Gasteiger partial charge in [0.15, 0.2) is 0 Å². The number of anilines is 1. The molecule has 4 radical (unpaired) electrons. The van der Waals surface area contributed by atoms with Crippen LogP contribution < -0.4 is 11.5 Å². The molecule has 0 aromatic heterocycles. The third-order valence-corrected chi connectivity index (χ3v) is 1.23. The van der Waals surface area contributed by atoms with Gasteiger partial charge in [0.1, 0.15) is 0 Å². The molecule has 0 saturated carbocycles. The molecule has 1 aromatic rings. The molecule has 56 valence electrons. The monoisotopic (exact) mass is 164 g/mol. The second-order valence-corrected chi connectivity index (χ2v) is 1.95. The average Bonchev–Trinajstić information content (AvgIpc) is 1.88. The molecule has 0 aliphatic heterocycles. The first-order chi connectivity index (χ1) is 4.72. The van der Waals surface area contributed by atoms with E-state index in [9.17, 15) is 4.79 Å². The number of nitrogen functional groups attached to an aromatic ring is 1. The normalized spacial score (nSPS) is 8.36. The molecule has 4 heteroatoms. The summed E-state index contributed by atoms with van der Waals surface area (Å²) in [6.45, 7) is 0. The standard InChI is InChI=1S/C7H8N2O.Si/c8-6-4-2-1-3-5(6)7(9)10;/h1-4H,8H2,(H2,9,10);. The number of rotatable bonds is 1. The predicted molar refractivity (Wildman–Crippen MR) is 45.1 cm³/mol. The van der Waals surface area contributed by atoms with E-state index in [4.69, 9.17) is 11.5 Å². The van der Waals surface area contributed by atoms with Gasteiger partial charge in [-0.15, -0.1) is 0 Å². The molecule has 0 atom stereocenters. The number of carbonyl (C=O) groups is 1. The van der Waals surface area contributed by atoms with Crippen molar-refractivity contribution in [1.82, 2.24) is 0 Å². The lowest BCUT2D eigenvalue weighted by Gasteiger charge is -1.97. The minimum absolute atomic E-state index is 0. The fourth-order valence-corrected chi connectivity index (χ4v) is 0.721. The molecular formula is C7H8N2OSi. The highest BCUT2D eigenvalue weighted by atomic mass is 28.1. The van der Waals surface area contributed by atoms with E-state index in [0.717, 1.165) is 0 Å². The molecule has 4 N–H and O–H groups in total. The zero-order valence-corrected chi connectivity index (χ0v) is 6.87. The number of hydrogen-bond donors (Lipinski definition) is 2. The summed E-state index contributed by atoms with van der Waals surface area (Å²) in [5.74, 6) is -0.488. The van der Waals surface area contributed by atoms with Gasteiger partial charge in [-0.25, -0.2) is 0 Å². The van der Waals surface area contributed by atoms with Crippen LogP contribution in [0.15, 0.2) is 24.3 Å². The Morgan fingerprint density at radius 2 is 1.82 bits per heavy atom. The molecule has 0 spiro atoms. The Morgan fingerprint density at radius 3 is 2.18 bits per heavy atom. The average molecular weight is 164 g/mol. The number of amides is 1. The highest BCUT2D eigenvalue weighted by molar-refractivity contribution is 5.97. The van der Waals surface area contributed by atoms with E-state index in [1.165, 1.54) is 0 Å². The molecule has 0 saturated heterocycles. The van der Waals surface area contributed by atoms with E-state index in [-0.39, 0.29) is 11.0 Å². The van der Waals surface area contributed by atoms with Gasteiger partial charge in [-0.3, -0.25) is 4.79 Å². The Bertz CT molecular complexity index is 262. The van der Waals surface area contributed by atoms with Gasteiger partial charge < -0.3 is 11.5 Å². The smallest absolute Gasteiger partial charge is 0.250 e. The van der Waals surface area contributed by atoms with Crippen LogP contribution in [0.2, 0.25) is 0 Å². The highest BCUT2D eigenvalue weighted by Gasteiger charge is 2.01. The maximum Gasteiger partial charge on any atom is 0.250 e. The van der Waals surface area contributed by atoms with Crippen molar-refractivity contribution in [3.05, 3.63) is 29.8 Å². The number of carbonyl (C=O) groups excluding carboxylic acids is 1. The number of hydrogen-bond acceptors (Lipinski definition) is 2. The van der Waals surface area contributed by atoms with Crippen molar-refractivity contribution >= 4 is 22.6 Å². The molecule has 0 aliphatic rings. The lowest BCUT2D eigenvalue weighted by molar-refractivity contribution is 0.100. The van der Waals surface area contributed by atoms with E-state index in [1.807, 2.05) is 0 Å². The van der Waals surface area contributed by atoms with Crippen LogP contribution in [0.5, 0.6) is 0 Å².